The molecule has 1 heterocycles. The number of aliphatic hydroxyl groups excluding tert-OH is 1. The highest BCUT2D eigenvalue weighted by Gasteiger charge is 2.21. The molecule has 0 aromatic heterocycles. The zero-order chi connectivity index (χ0) is 6.85. The molecule has 0 aromatic rings. The van der Waals surface area contributed by atoms with Crippen LogP contribution in [0.2, 0.25) is 0 Å². The van der Waals surface area contributed by atoms with Crippen molar-refractivity contribution in [3.05, 3.63) is 11.9 Å². The molecule has 2 atom stereocenters. The molecule has 2 nitrogen and oxygen atoms in total. The number of aliphatic hydroxyl groups is 1. The lowest BCUT2D eigenvalue weighted by molar-refractivity contribution is 0.0517. The maximum absolute atomic E-state index is 12.3. The van der Waals surface area contributed by atoms with E-state index in [-0.39, 0.29) is 6.61 Å². The topological polar surface area (TPSA) is 29.5 Å². The minimum Gasteiger partial charge on any atom is -0.393 e. The van der Waals surface area contributed by atoms with Crippen LogP contribution in [0.4, 0.5) is 4.39 Å². The summed E-state index contributed by atoms with van der Waals surface area (Å²) in [6.07, 6.45) is 0.616. The summed E-state index contributed by atoms with van der Waals surface area (Å²) < 4.78 is 16.9. The average Bonchev–Trinajstić information content (AvgIpc) is 2.13. The highest BCUT2D eigenvalue weighted by Crippen LogP contribution is 2.17. The Hall–Kier alpha value is -0.345. The number of ether oxygens (including phenoxy) is 1. The van der Waals surface area contributed by atoms with Crippen LogP contribution in [-0.2, 0) is 4.74 Å². The van der Waals surface area contributed by atoms with E-state index >= 15 is 0 Å². The zero-order valence-corrected chi connectivity index (χ0v) is 4.75. The molecule has 0 fully saturated rings. The van der Waals surface area contributed by atoms with Crippen molar-refractivity contribution >= 4 is 7.85 Å². The Bertz CT molecular complexity index is 137. The molecule has 1 aliphatic heterocycles. The molecule has 1 N–H and O–H groups in total. The lowest BCUT2D eigenvalue weighted by atomic mass is 10.0. The lowest BCUT2D eigenvalue weighted by Crippen LogP contribution is -2.15. The molecule has 0 saturated carbocycles. The molecule has 0 spiro atoms. The Kier molecular flexibility index (Phi) is 1.88. The van der Waals surface area contributed by atoms with Gasteiger partial charge in [0.1, 0.15) is 19.8 Å². The van der Waals surface area contributed by atoms with Crippen LogP contribution in [-0.4, -0.2) is 31.7 Å². The highest BCUT2D eigenvalue weighted by atomic mass is 19.1. The molecule has 9 heavy (non-hydrogen) atoms. The van der Waals surface area contributed by atoms with Gasteiger partial charge in [0.25, 0.3) is 0 Å². The fourth-order valence-electron chi connectivity index (χ4n) is 0.661. The van der Waals surface area contributed by atoms with E-state index in [4.69, 9.17) is 13.0 Å². The van der Waals surface area contributed by atoms with E-state index in [9.17, 15) is 4.39 Å². The first-order valence-electron chi connectivity index (χ1n) is 2.63. The highest BCUT2D eigenvalue weighted by molar-refractivity contribution is 6.12. The summed E-state index contributed by atoms with van der Waals surface area (Å²) >= 11 is 0. The van der Waals surface area contributed by atoms with Gasteiger partial charge in [-0.15, -0.1) is 0 Å². The van der Waals surface area contributed by atoms with Crippen molar-refractivity contribution in [1.29, 1.82) is 0 Å². The van der Waals surface area contributed by atoms with Gasteiger partial charge in [-0.2, -0.15) is 0 Å². The van der Waals surface area contributed by atoms with Crippen molar-refractivity contribution in [2.24, 2.45) is 0 Å². The van der Waals surface area contributed by atoms with Crippen LogP contribution in [0.1, 0.15) is 0 Å². The number of hydrogen-bond acceptors (Lipinski definition) is 2. The van der Waals surface area contributed by atoms with E-state index in [0.717, 1.165) is 0 Å². The molecule has 0 aromatic carbocycles. The van der Waals surface area contributed by atoms with Crippen LogP contribution >= 0.6 is 0 Å². The van der Waals surface area contributed by atoms with Gasteiger partial charge < -0.3 is 9.84 Å². The third-order valence-electron chi connectivity index (χ3n) is 1.12. The van der Waals surface area contributed by atoms with Crippen molar-refractivity contribution in [1.82, 2.24) is 0 Å². The van der Waals surface area contributed by atoms with Crippen LogP contribution in [0.15, 0.2) is 11.9 Å². The van der Waals surface area contributed by atoms with Crippen LogP contribution < -0.4 is 0 Å². The first kappa shape index (κ1) is 6.77. The molecule has 0 aliphatic carbocycles. The Labute approximate surface area is 53.7 Å². The molecule has 0 bridgehead atoms. The predicted octanol–water partition coefficient (Wildman–Crippen LogP) is -0.275. The van der Waals surface area contributed by atoms with Gasteiger partial charge in [-0.05, 0) is 6.08 Å². The van der Waals surface area contributed by atoms with Crippen LogP contribution in [0.5, 0.6) is 0 Å². The van der Waals surface area contributed by atoms with Crippen LogP contribution in [0.25, 0.3) is 0 Å². The average molecular weight is 128 g/mol. The molecule has 0 saturated heterocycles. The second-order valence-electron chi connectivity index (χ2n) is 1.83. The summed E-state index contributed by atoms with van der Waals surface area (Å²) in [5, 5.41) is 8.41. The SMILES string of the molecule is [B][C@@H]1O[C@@H](CO)C=C1F. The molecular formula is C5H6BFO2. The first-order valence-corrected chi connectivity index (χ1v) is 2.63. The summed E-state index contributed by atoms with van der Waals surface area (Å²) in [5.74, 6) is -0.506. The predicted molar refractivity (Wildman–Crippen MR) is 30.7 cm³/mol. The van der Waals surface area contributed by atoms with Gasteiger partial charge in [0, 0.05) is 0 Å². The normalized spacial score (nSPS) is 34.7. The van der Waals surface area contributed by atoms with Crippen molar-refractivity contribution in [2.45, 2.75) is 12.1 Å². The Balaban J connectivity index is 2.52. The van der Waals surface area contributed by atoms with E-state index in [1.54, 1.807) is 0 Å². The second kappa shape index (κ2) is 2.50. The Morgan fingerprint density at radius 2 is 2.56 bits per heavy atom. The summed E-state index contributed by atoms with van der Waals surface area (Å²) in [6.45, 7) is -0.221. The maximum atomic E-state index is 12.3. The Morgan fingerprint density at radius 1 is 1.89 bits per heavy atom. The van der Waals surface area contributed by atoms with Crippen molar-refractivity contribution in [3.63, 3.8) is 0 Å². The molecule has 48 valence electrons. The summed E-state index contributed by atoms with van der Waals surface area (Å²) in [7, 11) is 5.07. The number of rotatable bonds is 1. The van der Waals surface area contributed by atoms with Crippen molar-refractivity contribution in [2.75, 3.05) is 6.61 Å². The van der Waals surface area contributed by atoms with Gasteiger partial charge in [0.2, 0.25) is 0 Å². The standard InChI is InChI=1S/C5H6BFO2/c6-5-4(7)1-3(2-8)9-5/h1,3,5,8H,2H2/t3-,5-/m1/s1. The third-order valence-corrected chi connectivity index (χ3v) is 1.12. The fraction of sp³-hybridized carbons (Fsp3) is 0.600. The van der Waals surface area contributed by atoms with E-state index in [2.05, 4.69) is 4.74 Å². The van der Waals surface area contributed by atoms with E-state index < -0.39 is 17.9 Å². The van der Waals surface area contributed by atoms with Crippen LogP contribution in [0, 0.1) is 0 Å². The molecule has 1 aliphatic rings. The minimum absolute atomic E-state index is 0.221. The number of halogens is 1. The molecule has 4 heteroatoms. The quantitative estimate of drug-likeness (QED) is 0.492. The first-order chi connectivity index (χ1) is 4.24. The van der Waals surface area contributed by atoms with Crippen molar-refractivity contribution < 1.29 is 14.2 Å². The van der Waals surface area contributed by atoms with Gasteiger partial charge in [0.05, 0.1) is 12.6 Å². The number of hydrogen-bond donors (Lipinski definition) is 1. The van der Waals surface area contributed by atoms with E-state index in [0.29, 0.717) is 0 Å². The summed E-state index contributed by atoms with van der Waals surface area (Å²) in [6, 6.07) is -0.970. The van der Waals surface area contributed by atoms with Gasteiger partial charge in [-0.25, -0.2) is 4.39 Å². The fourth-order valence-corrected chi connectivity index (χ4v) is 0.661. The molecular weight excluding hydrogens is 122 g/mol. The summed E-state index contributed by atoms with van der Waals surface area (Å²) in [5.41, 5.74) is 0. The monoisotopic (exact) mass is 128 g/mol. The second-order valence-corrected chi connectivity index (χ2v) is 1.83. The van der Waals surface area contributed by atoms with E-state index in [1.165, 1.54) is 6.08 Å². The van der Waals surface area contributed by atoms with Gasteiger partial charge >= 0.3 is 0 Å². The lowest BCUT2D eigenvalue weighted by Gasteiger charge is -2.06. The van der Waals surface area contributed by atoms with Gasteiger partial charge in [-0.1, -0.05) is 0 Å². The smallest absolute Gasteiger partial charge is 0.118 e. The van der Waals surface area contributed by atoms with Gasteiger partial charge in [-0.3, -0.25) is 0 Å². The molecule has 0 unspecified atom stereocenters. The van der Waals surface area contributed by atoms with Gasteiger partial charge in [0.15, 0.2) is 0 Å². The molecule has 1 rings (SSSR count). The van der Waals surface area contributed by atoms with E-state index in [1.807, 2.05) is 0 Å². The third kappa shape index (κ3) is 1.31. The maximum Gasteiger partial charge on any atom is 0.118 e. The Morgan fingerprint density at radius 3 is 2.78 bits per heavy atom. The van der Waals surface area contributed by atoms with Crippen LogP contribution in [0.3, 0.4) is 0 Å². The minimum atomic E-state index is -0.970. The molecule has 0 amide bonds. The van der Waals surface area contributed by atoms with Crippen molar-refractivity contribution in [3.8, 4) is 0 Å². The zero-order valence-electron chi connectivity index (χ0n) is 4.75. The largest absolute Gasteiger partial charge is 0.393 e. The summed E-state index contributed by atoms with van der Waals surface area (Å²) in [4.78, 5) is 0. The molecule has 2 radical (unpaired) electrons.